The molecule has 1 N–H and O–H groups in total. The van der Waals surface area contributed by atoms with E-state index in [2.05, 4.69) is 15.3 Å². The van der Waals surface area contributed by atoms with Crippen LogP contribution in [0, 0.1) is 20.8 Å². The fourth-order valence-electron chi connectivity index (χ4n) is 3.87. The van der Waals surface area contributed by atoms with Crippen molar-refractivity contribution in [2.75, 3.05) is 5.32 Å². The zero-order chi connectivity index (χ0) is 22.8. The normalized spacial score (nSPS) is 11.0. The summed E-state index contributed by atoms with van der Waals surface area (Å²) in [7, 11) is 0. The molecule has 2 aliphatic rings. The Labute approximate surface area is 184 Å². The molecule has 1 amide bonds. The molecule has 0 radical (unpaired) electrons. The second-order valence-corrected chi connectivity index (χ2v) is 7.84. The number of nitrogens with zero attached hydrogens (tertiary/aromatic N) is 4. The Morgan fingerprint density at radius 2 is 1.81 bits per heavy atom. The molecule has 2 aliphatic heterocycles. The molecule has 8 nitrogen and oxygen atoms in total. The highest BCUT2D eigenvalue weighted by Gasteiger charge is 2.19. The standard InChI is InChI=1S/C24H23N5O3/c1-15-10-16(2)21(17(3)11-15)26-20(30)14-28-9-5-7-19-22(28)27-24(32)29(23(19)31)13-18-6-4-8-25-12-18/h4-12H,13-14H2,1-3H3,(H,26,30). The van der Waals surface area contributed by atoms with Crippen LogP contribution >= 0.6 is 0 Å². The molecule has 1 aromatic carbocycles. The first-order chi connectivity index (χ1) is 15.3. The average Bonchev–Trinajstić information content (AvgIpc) is 2.75. The Kier molecular flexibility index (Phi) is 5.68. The van der Waals surface area contributed by atoms with Crippen LogP contribution in [0.5, 0.6) is 0 Å². The number of aromatic nitrogens is 4. The van der Waals surface area contributed by atoms with Crippen LogP contribution in [0.25, 0.3) is 11.4 Å². The molecule has 1 aromatic heterocycles. The number of pyridine rings is 2. The van der Waals surface area contributed by atoms with Gasteiger partial charge in [-0.3, -0.25) is 19.1 Å². The van der Waals surface area contributed by atoms with E-state index >= 15 is 0 Å². The summed E-state index contributed by atoms with van der Waals surface area (Å²) in [5.41, 5.74) is 3.69. The van der Waals surface area contributed by atoms with Crippen LogP contribution in [0.15, 0.2) is 64.6 Å². The molecule has 0 bridgehead atoms. The lowest BCUT2D eigenvalue weighted by Gasteiger charge is -2.16. The summed E-state index contributed by atoms with van der Waals surface area (Å²) >= 11 is 0. The van der Waals surface area contributed by atoms with Crippen molar-refractivity contribution >= 4 is 11.6 Å². The summed E-state index contributed by atoms with van der Waals surface area (Å²) < 4.78 is 2.59. The van der Waals surface area contributed by atoms with E-state index in [-0.39, 0.29) is 30.4 Å². The third-order valence-electron chi connectivity index (χ3n) is 5.27. The molecular weight excluding hydrogens is 406 g/mol. The number of fused-ring (bicyclic) bond motifs is 1. The van der Waals surface area contributed by atoms with E-state index in [4.69, 9.17) is 0 Å². The van der Waals surface area contributed by atoms with Gasteiger partial charge in [-0.05, 0) is 55.7 Å². The zero-order valence-electron chi connectivity index (χ0n) is 18.1. The molecule has 0 saturated carbocycles. The molecule has 32 heavy (non-hydrogen) atoms. The molecule has 3 heterocycles. The Morgan fingerprint density at radius 3 is 2.50 bits per heavy atom. The predicted octanol–water partition coefficient (Wildman–Crippen LogP) is 2.52. The lowest BCUT2D eigenvalue weighted by Crippen LogP contribution is -2.38. The smallest absolute Gasteiger partial charge is 0.324 e. The van der Waals surface area contributed by atoms with Gasteiger partial charge in [0.2, 0.25) is 5.91 Å². The molecule has 0 fully saturated rings. The largest absolute Gasteiger partial charge is 0.352 e. The van der Waals surface area contributed by atoms with E-state index < -0.39 is 11.2 Å². The van der Waals surface area contributed by atoms with Crippen molar-refractivity contribution < 1.29 is 4.79 Å². The molecule has 0 aliphatic carbocycles. The topological polar surface area (TPSA) is 98.9 Å². The van der Waals surface area contributed by atoms with Crippen molar-refractivity contribution in [3.8, 4) is 11.4 Å². The van der Waals surface area contributed by atoms with E-state index in [9.17, 15) is 14.4 Å². The maximum absolute atomic E-state index is 13.0. The van der Waals surface area contributed by atoms with Gasteiger partial charge in [-0.25, -0.2) is 4.79 Å². The van der Waals surface area contributed by atoms with E-state index in [0.717, 1.165) is 32.5 Å². The first-order valence-electron chi connectivity index (χ1n) is 10.2. The highest BCUT2D eigenvalue weighted by molar-refractivity contribution is 5.92. The van der Waals surface area contributed by atoms with Crippen LogP contribution in [0.2, 0.25) is 0 Å². The number of anilines is 1. The van der Waals surface area contributed by atoms with Crippen molar-refractivity contribution in [1.82, 2.24) is 19.1 Å². The summed E-state index contributed by atoms with van der Waals surface area (Å²) in [6, 6.07) is 10.8. The third kappa shape index (κ3) is 4.20. The van der Waals surface area contributed by atoms with Gasteiger partial charge >= 0.3 is 5.69 Å². The molecule has 8 heteroatoms. The molecule has 0 atom stereocenters. The van der Waals surface area contributed by atoms with Crippen molar-refractivity contribution in [3.63, 3.8) is 0 Å². The van der Waals surface area contributed by atoms with Crippen LogP contribution in [-0.2, 0) is 17.9 Å². The minimum absolute atomic E-state index is 0.0792. The maximum atomic E-state index is 13.0. The minimum Gasteiger partial charge on any atom is -0.324 e. The monoisotopic (exact) mass is 429 g/mol. The summed E-state index contributed by atoms with van der Waals surface area (Å²) in [5.74, 6) is -0.0937. The third-order valence-corrected chi connectivity index (χ3v) is 5.27. The Balaban J connectivity index is 1.65. The second-order valence-electron chi connectivity index (χ2n) is 7.84. The molecular formula is C24H23N5O3. The maximum Gasteiger partial charge on any atom is 0.352 e. The van der Waals surface area contributed by atoms with Crippen molar-refractivity contribution in [2.45, 2.75) is 33.9 Å². The van der Waals surface area contributed by atoms with Gasteiger partial charge in [0.1, 0.15) is 6.54 Å². The quantitative estimate of drug-likeness (QED) is 0.526. The summed E-state index contributed by atoms with van der Waals surface area (Å²) in [4.78, 5) is 46.5. The summed E-state index contributed by atoms with van der Waals surface area (Å²) in [6.45, 7) is 5.89. The van der Waals surface area contributed by atoms with E-state index in [1.54, 1.807) is 42.9 Å². The van der Waals surface area contributed by atoms with Gasteiger partial charge in [-0.2, -0.15) is 4.98 Å². The van der Waals surface area contributed by atoms with Gasteiger partial charge in [0.15, 0.2) is 5.82 Å². The Bertz CT molecular complexity index is 1370. The van der Waals surface area contributed by atoms with Crippen molar-refractivity contribution in [1.29, 1.82) is 0 Å². The van der Waals surface area contributed by atoms with Crippen molar-refractivity contribution in [2.24, 2.45) is 0 Å². The van der Waals surface area contributed by atoms with Gasteiger partial charge in [0.25, 0.3) is 5.56 Å². The zero-order valence-corrected chi connectivity index (χ0v) is 18.1. The van der Waals surface area contributed by atoms with E-state index in [0.29, 0.717) is 0 Å². The van der Waals surface area contributed by atoms with Crippen LogP contribution in [-0.4, -0.2) is 25.0 Å². The molecule has 0 spiro atoms. The fraction of sp³-hybridized carbons (Fsp3) is 0.208. The van der Waals surface area contributed by atoms with E-state index in [1.807, 2.05) is 32.9 Å². The lowest BCUT2D eigenvalue weighted by molar-refractivity contribution is -0.116. The fourth-order valence-corrected chi connectivity index (χ4v) is 3.87. The Hall–Kier alpha value is -4.07. The van der Waals surface area contributed by atoms with Crippen LogP contribution < -0.4 is 16.6 Å². The SMILES string of the molecule is Cc1cc(C)c(NC(=O)Cn2cccc3c(=O)n(Cc4cccnc4)c(=O)nc2-3)c(C)c1. The predicted molar refractivity (Wildman–Crippen MR) is 122 cm³/mol. The van der Waals surface area contributed by atoms with Gasteiger partial charge in [-0.1, -0.05) is 23.8 Å². The van der Waals surface area contributed by atoms with Gasteiger partial charge in [0.05, 0.1) is 12.1 Å². The minimum atomic E-state index is -0.670. The second kappa shape index (κ2) is 8.58. The number of nitrogens with one attached hydrogen (secondary N) is 1. The number of hydrogen-bond donors (Lipinski definition) is 1. The van der Waals surface area contributed by atoms with Crippen LogP contribution in [0.1, 0.15) is 22.3 Å². The number of benzene rings is 1. The number of carbonyl (C=O) groups excluding carboxylic acids is 1. The lowest BCUT2D eigenvalue weighted by atomic mass is 10.1. The highest BCUT2D eigenvalue weighted by Crippen LogP contribution is 2.22. The van der Waals surface area contributed by atoms with Crippen LogP contribution in [0.3, 0.4) is 0 Å². The molecule has 162 valence electrons. The number of carbonyl (C=O) groups is 1. The van der Waals surface area contributed by atoms with Gasteiger partial charge in [-0.15, -0.1) is 0 Å². The average molecular weight is 429 g/mol. The van der Waals surface area contributed by atoms with Gasteiger partial charge < -0.3 is 9.88 Å². The van der Waals surface area contributed by atoms with Crippen molar-refractivity contribution in [3.05, 3.63) is 98.1 Å². The highest BCUT2D eigenvalue weighted by atomic mass is 16.2. The Morgan fingerprint density at radius 1 is 1.06 bits per heavy atom. The molecule has 0 unspecified atom stereocenters. The number of amides is 1. The molecule has 2 aromatic rings. The first-order valence-corrected chi connectivity index (χ1v) is 10.2. The van der Waals surface area contributed by atoms with E-state index in [1.165, 1.54) is 4.57 Å². The number of aryl methyl sites for hydroxylation is 3. The molecule has 0 saturated heterocycles. The molecule has 4 rings (SSSR count). The summed E-state index contributed by atoms with van der Waals surface area (Å²) in [6.07, 6.45) is 4.85. The summed E-state index contributed by atoms with van der Waals surface area (Å²) in [5, 5.41) is 2.94. The number of rotatable bonds is 5. The first kappa shape index (κ1) is 21.2. The number of hydrogen-bond acceptors (Lipinski definition) is 5. The van der Waals surface area contributed by atoms with Gasteiger partial charge in [0, 0.05) is 24.3 Å². The van der Waals surface area contributed by atoms with Crippen LogP contribution in [0.4, 0.5) is 5.69 Å².